The van der Waals surface area contributed by atoms with E-state index in [-0.39, 0.29) is 30.1 Å². The quantitative estimate of drug-likeness (QED) is 0.810. The summed E-state index contributed by atoms with van der Waals surface area (Å²) in [4.78, 5) is 28.5. The Morgan fingerprint density at radius 2 is 1.86 bits per heavy atom. The first-order chi connectivity index (χ1) is 9.88. The molecule has 2 saturated heterocycles. The highest BCUT2D eigenvalue weighted by Gasteiger charge is 2.36. The molecule has 0 aliphatic carbocycles. The number of nitrogens with zero attached hydrogens (tertiary/aromatic N) is 2. The molecule has 0 aromatic carbocycles. The smallest absolute Gasteiger partial charge is 0.249 e. The third-order valence-corrected chi connectivity index (χ3v) is 3.92. The molecule has 2 aliphatic heterocycles. The first kappa shape index (κ1) is 16.2. The average Bonchev–Trinajstić information content (AvgIpc) is 2.93. The van der Waals surface area contributed by atoms with Crippen molar-refractivity contribution < 1.29 is 14.3 Å². The number of likely N-dealkylation sites (tertiary alicyclic amines) is 1. The largest absolute Gasteiger partial charge is 0.366 e. The molecule has 2 heterocycles. The summed E-state index contributed by atoms with van der Waals surface area (Å²) in [6.07, 6.45) is 1.66. The SMILES string of the molecule is CC(C)(C)OCC(=O)N1CCCC1C(=O)N1CCNCC1. The minimum Gasteiger partial charge on any atom is -0.366 e. The molecule has 0 bridgehead atoms. The highest BCUT2D eigenvalue weighted by atomic mass is 16.5. The summed E-state index contributed by atoms with van der Waals surface area (Å²) in [6.45, 7) is 9.61. The van der Waals surface area contributed by atoms with Crippen molar-refractivity contribution in [3.05, 3.63) is 0 Å². The summed E-state index contributed by atoms with van der Waals surface area (Å²) in [5.41, 5.74) is -0.340. The number of hydrogen-bond donors (Lipinski definition) is 1. The minimum atomic E-state index is -0.340. The van der Waals surface area contributed by atoms with Crippen molar-refractivity contribution in [2.24, 2.45) is 0 Å². The molecule has 1 unspecified atom stereocenters. The van der Waals surface area contributed by atoms with Crippen LogP contribution in [0.25, 0.3) is 0 Å². The number of amides is 2. The number of rotatable bonds is 3. The molecule has 0 aromatic heterocycles. The molecular formula is C15H27N3O3. The van der Waals surface area contributed by atoms with E-state index >= 15 is 0 Å². The van der Waals surface area contributed by atoms with Crippen LogP contribution < -0.4 is 5.32 Å². The van der Waals surface area contributed by atoms with E-state index in [0.29, 0.717) is 6.54 Å². The van der Waals surface area contributed by atoms with Crippen LogP contribution in [-0.4, -0.2) is 72.6 Å². The van der Waals surface area contributed by atoms with E-state index in [0.717, 1.165) is 39.0 Å². The van der Waals surface area contributed by atoms with Crippen LogP contribution in [0.5, 0.6) is 0 Å². The van der Waals surface area contributed by atoms with E-state index < -0.39 is 0 Å². The van der Waals surface area contributed by atoms with Crippen molar-refractivity contribution in [2.75, 3.05) is 39.3 Å². The number of piperazine rings is 1. The van der Waals surface area contributed by atoms with Crippen molar-refractivity contribution in [1.29, 1.82) is 0 Å². The molecule has 0 radical (unpaired) electrons. The maximum atomic E-state index is 12.6. The van der Waals surface area contributed by atoms with E-state index in [1.54, 1.807) is 4.90 Å². The van der Waals surface area contributed by atoms with Crippen LogP contribution in [0.2, 0.25) is 0 Å². The van der Waals surface area contributed by atoms with Crippen molar-refractivity contribution >= 4 is 11.8 Å². The molecular weight excluding hydrogens is 270 g/mol. The molecule has 2 rings (SSSR count). The number of nitrogens with one attached hydrogen (secondary N) is 1. The maximum Gasteiger partial charge on any atom is 0.249 e. The fraction of sp³-hybridized carbons (Fsp3) is 0.867. The van der Waals surface area contributed by atoms with Gasteiger partial charge in [0.1, 0.15) is 12.6 Å². The van der Waals surface area contributed by atoms with Crippen molar-refractivity contribution in [3.63, 3.8) is 0 Å². The first-order valence-corrected chi connectivity index (χ1v) is 7.81. The van der Waals surface area contributed by atoms with Gasteiger partial charge in [0.15, 0.2) is 0 Å². The van der Waals surface area contributed by atoms with Gasteiger partial charge in [-0.2, -0.15) is 0 Å². The van der Waals surface area contributed by atoms with Crippen molar-refractivity contribution in [1.82, 2.24) is 15.1 Å². The minimum absolute atomic E-state index is 0.0504. The maximum absolute atomic E-state index is 12.6. The second-order valence-electron chi connectivity index (χ2n) is 6.72. The first-order valence-electron chi connectivity index (χ1n) is 7.81. The molecule has 6 nitrogen and oxygen atoms in total. The van der Waals surface area contributed by atoms with E-state index in [1.807, 2.05) is 25.7 Å². The van der Waals surface area contributed by atoms with Gasteiger partial charge in [0.05, 0.1) is 5.60 Å². The van der Waals surface area contributed by atoms with Crippen LogP contribution in [0, 0.1) is 0 Å². The Bertz CT molecular complexity index is 386. The summed E-state index contributed by atoms with van der Waals surface area (Å²) in [7, 11) is 0. The lowest BCUT2D eigenvalue weighted by Gasteiger charge is -2.33. The zero-order valence-electron chi connectivity index (χ0n) is 13.4. The van der Waals surface area contributed by atoms with Gasteiger partial charge in [-0.1, -0.05) is 0 Å². The van der Waals surface area contributed by atoms with Gasteiger partial charge in [-0.25, -0.2) is 0 Å². The Kier molecular flexibility index (Phi) is 5.22. The molecule has 21 heavy (non-hydrogen) atoms. The fourth-order valence-corrected chi connectivity index (χ4v) is 2.78. The van der Waals surface area contributed by atoms with Crippen LogP contribution >= 0.6 is 0 Å². The summed E-state index contributed by atoms with van der Waals surface area (Å²) < 4.78 is 5.55. The third kappa shape index (κ3) is 4.41. The Hall–Kier alpha value is -1.14. The van der Waals surface area contributed by atoms with E-state index in [4.69, 9.17) is 4.74 Å². The van der Waals surface area contributed by atoms with Crippen LogP contribution in [0.1, 0.15) is 33.6 Å². The van der Waals surface area contributed by atoms with Crippen molar-refractivity contribution in [2.45, 2.75) is 45.3 Å². The lowest BCUT2D eigenvalue weighted by molar-refractivity contribution is -0.149. The van der Waals surface area contributed by atoms with Gasteiger partial charge in [-0.05, 0) is 33.6 Å². The van der Waals surface area contributed by atoms with E-state index in [9.17, 15) is 9.59 Å². The Morgan fingerprint density at radius 3 is 2.48 bits per heavy atom. The van der Waals surface area contributed by atoms with E-state index in [1.165, 1.54) is 0 Å². The summed E-state index contributed by atoms with van der Waals surface area (Å²) in [5, 5.41) is 3.24. The average molecular weight is 297 g/mol. The molecule has 2 amide bonds. The molecule has 1 atom stereocenters. The lowest BCUT2D eigenvalue weighted by atomic mass is 10.1. The molecule has 0 saturated carbocycles. The molecule has 2 aliphatic rings. The van der Waals surface area contributed by atoms with Crippen LogP contribution in [-0.2, 0) is 14.3 Å². The molecule has 0 aromatic rings. The van der Waals surface area contributed by atoms with E-state index in [2.05, 4.69) is 5.32 Å². The molecule has 120 valence electrons. The Balaban J connectivity index is 1.92. The third-order valence-electron chi connectivity index (χ3n) is 3.92. The topological polar surface area (TPSA) is 61.9 Å². The van der Waals surface area contributed by atoms with Crippen LogP contribution in [0.4, 0.5) is 0 Å². The monoisotopic (exact) mass is 297 g/mol. The molecule has 0 spiro atoms. The molecule has 6 heteroatoms. The predicted molar refractivity (Wildman–Crippen MR) is 79.9 cm³/mol. The Labute approximate surface area is 126 Å². The number of carbonyl (C=O) groups excluding carboxylic acids is 2. The zero-order chi connectivity index (χ0) is 15.5. The van der Waals surface area contributed by atoms with Gasteiger partial charge >= 0.3 is 0 Å². The highest BCUT2D eigenvalue weighted by molar-refractivity contribution is 5.88. The fourth-order valence-electron chi connectivity index (χ4n) is 2.78. The lowest BCUT2D eigenvalue weighted by Crippen LogP contribution is -2.54. The van der Waals surface area contributed by atoms with Crippen molar-refractivity contribution in [3.8, 4) is 0 Å². The summed E-state index contributed by atoms with van der Waals surface area (Å²) >= 11 is 0. The standard InChI is InChI=1S/C15H27N3O3/c1-15(2,3)21-11-13(19)18-8-4-5-12(18)14(20)17-9-6-16-7-10-17/h12,16H,4-11H2,1-3H3. The van der Waals surface area contributed by atoms with Gasteiger partial charge < -0.3 is 19.9 Å². The van der Waals surface area contributed by atoms with Gasteiger partial charge in [0.25, 0.3) is 0 Å². The molecule has 1 N–H and O–H groups in total. The molecule has 2 fully saturated rings. The number of hydrogen-bond acceptors (Lipinski definition) is 4. The second kappa shape index (κ2) is 6.75. The van der Waals surface area contributed by atoms with Crippen LogP contribution in [0.3, 0.4) is 0 Å². The second-order valence-corrected chi connectivity index (χ2v) is 6.72. The number of ether oxygens (including phenoxy) is 1. The zero-order valence-corrected chi connectivity index (χ0v) is 13.4. The summed E-state index contributed by atoms with van der Waals surface area (Å²) in [5.74, 6) is 0.0222. The predicted octanol–water partition coefficient (Wildman–Crippen LogP) is 0.224. The van der Waals surface area contributed by atoms with Gasteiger partial charge in [-0.3, -0.25) is 9.59 Å². The highest BCUT2D eigenvalue weighted by Crippen LogP contribution is 2.20. The Morgan fingerprint density at radius 1 is 1.19 bits per heavy atom. The van der Waals surface area contributed by atoms with Gasteiger partial charge in [0.2, 0.25) is 11.8 Å². The summed E-state index contributed by atoms with van der Waals surface area (Å²) in [6, 6.07) is -0.292. The normalized spacial score (nSPS) is 23.5. The van der Waals surface area contributed by atoms with Crippen LogP contribution in [0.15, 0.2) is 0 Å². The number of carbonyl (C=O) groups is 2. The van der Waals surface area contributed by atoms with Gasteiger partial charge in [0, 0.05) is 32.7 Å². The van der Waals surface area contributed by atoms with Gasteiger partial charge in [-0.15, -0.1) is 0 Å².